The van der Waals surface area contributed by atoms with Gasteiger partial charge < -0.3 is 29.6 Å². The monoisotopic (exact) mass is 615 g/mol. The van der Waals surface area contributed by atoms with Crippen LogP contribution in [0.4, 0.5) is 11.6 Å². The molecule has 45 heavy (non-hydrogen) atoms. The highest BCUT2D eigenvalue weighted by atomic mass is 16.5. The zero-order valence-corrected chi connectivity index (χ0v) is 26.4. The maximum Gasteiger partial charge on any atom is 0.258 e. The number of benzene rings is 1. The van der Waals surface area contributed by atoms with Gasteiger partial charge in [0.1, 0.15) is 12.1 Å². The third-order valence-corrected chi connectivity index (χ3v) is 7.44. The Morgan fingerprint density at radius 1 is 1.20 bits per heavy atom. The van der Waals surface area contributed by atoms with Crippen LogP contribution in [0.1, 0.15) is 35.3 Å². The van der Waals surface area contributed by atoms with Gasteiger partial charge in [-0.05, 0) is 70.6 Å². The summed E-state index contributed by atoms with van der Waals surface area (Å²) >= 11 is 0. The summed E-state index contributed by atoms with van der Waals surface area (Å²) < 4.78 is 16.2. The molecule has 4 aromatic rings. The Balaban J connectivity index is 1.54. The highest BCUT2D eigenvalue weighted by molar-refractivity contribution is 6.05. The van der Waals surface area contributed by atoms with Crippen LogP contribution in [0.3, 0.4) is 0 Å². The molecule has 13 nitrogen and oxygen atoms in total. The van der Waals surface area contributed by atoms with Crippen LogP contribution in [0.5, 0.6) is 11.6 Å². The standard InChI is InChI=1S/C32H41N9O4/c1-6-27(42)34-13-17-44-29-25(33-12-15-39(3)4)11-10-24-28(29)41-14-8-7-9-16-45-31-23(20-35-40(31)5)26-19-22(18-21(2)36-26)30(43)38-32(41)37-24/h6,10-11,18-20,33H,1,7-9,12-17H2,2-5H3,(H,34,42)(H,37,38,43). The van der Waals surface area contributed by atoms with Crippen LogP contribution in [0.15, 0.2) is 43.1 Å². The predicted molar refractivity (Wildman–Crippen MR) is 174 cm³/mol. The first kappa shape index (κ1) is 31.5. The second kappa shape index (κ2) is 14.2. The zero-order valence-electron chi connectivity index (χ0n) is 26.4. The Hall–Kier alpha value is -4.91. The molecule has 0 aliphatic carbocycles. The Labute approximate surface area is 262 Å². The Morgan fingerprint density at radius 2 is 2.04 bits per heavy atom. The maximum absolute atomic E-state index is 13.7. The molecule has 2 amide bonds. The molecule has 5 rings (SSSR count). The smallest absolute Gasteiger partial charge is 0.258 e. The van der Waals surface area contributed by atoms with Gasteiger partial charge in [-0.1, -0.05) is 6.58 Å². The Kier molecular flexibility index (Phi) is 9.98. The number of aryl methyl sites for hydroxylation is 3. The molecule has 4 heterocycles. The van der Waals surface area contributed by atoms with Crippen molar-refractivity contribution in [1.82, 2.24) is 34.5 Å². The van der Waals surface area contributed by atoms with Crippen molar-refractivity contribution >= 4 is 34.5 Å². The largest absolute Gasteiger partial charge is 0.487 e. The number of anilines is 2. The lowest BCUT2D eigenvalue weighted by molar-refractivity contribution is -0.116. The minimum atomic E-state index is -0.307. The van der Waals surface area contributed by atoms with Crippen LogP contribution in [0.25, 0.3) is 22.3 Å². The van der Waals surface area contributed by atoms with Gasteiger partial charge in [0.25, 0.3) is 5.91 Å². The third-order valence-electron chi connectivity index (χ3n) is 7.44. The minimum Gasteiger partial charge on any atom is -0.487 e. The van der Waals surface area contributed by atoms with Crippen molar-refractivity contribution in [2.75, 3.05) is 57.6 Å². The fraction of sp³-hybridized carbons (Fsp3) is 0.406. The van der Waals surface area contributed by atoms with Crippen molar-refractivity contribution in [3.8, 4) is 22.9 Å². The molecule has 1 aliphatic heterocycles. The topological polar surface area (TPSA) is 140 Å². The van der Waals surface area contributed by atoms with Gasteiger partial charge in [0.2, 0.25) is 17.7 Å². The molecule has 0 saturated carbocycles. The maximum atomic E-state index is 13.7. The van der Waals surface area contributed by atoms with Gasteiger partial charge in [-0.3, -0.25) is 19.9 Å². The molecule has 13 heteroatoms. The first-order chi connectivity index (χ1) is 21.7. The van der Waals surface area contributed by atoms with E-state index in [0.29, 0.717) is 66.3 Å². The number of amides is 2. The van der Waals surface area contributed by atoms with Crippen molar-refractivity contribution in [3.63, 3.8) is 0 Å². The van der Waals surface area contributed by atoms with E-state index in [1.54, 1.807) is 23.0 Å². The van der Waals surface area contributed by atoms with Crippen LogP contribution in [-0.2, 0) is 18.4 Å². The Morgan fingerprint density at radius 3 is 2.84 bits per heavy atom. The number of pyridine rings is 1. The molecule has 0 atom stereocenters. The van der Waals surface area contributed by atoms with E-state index in [-0.39, 0.29) is 18.4 Å². The van der Waals surface area contributed by atoms with Crippen molar-refractivity contribution in [2.45, 2.75) is 32.7 Å². The minimum absolute atomic E-state index is 0.236. The predicted octanol–water partition coefficient (Wildman–Crippen LogP) is 3.61. The first-order valence-corrected chi connectivity index (χ1v) is 15.1. The lowest BCUT2D eigenvalue weighted by atomic mass is 10.1. The van der Waals surface area contributed by atoms with Crippen molar-refractivity contribution in [3.05, 3.63) is 54.4 Å². The number of carbonyl (C=O) groups is 2. The quantitative estimate of drug-likeness (QED) is 0.190. The average Bonchev–Trinajstić information content (AvgIpc) is 3.55. The SMILES string of the molecule is C=CC(=O)NCCOc1c(NCCN(C)C)ccc2nc3n(c12)CCCCCOc1c(cnn1C)-c1cc(cc(C)n1)C(=O)N3. The molecule has 0 fully saturated rings. The first-order valence-electron chi connectivity index (χ1n) is 15.1. The van der Waals surface area contributed by atoms with Gasteiger partial charge in [-0.25, -0.2) is 9.67 Å². The molecule has 1 aromatic carbocycles. The van der Waals surface area contributed by atoms with Gasteiger partial charge in [0.05, 0.1) is 41.8 Å². The van der Waals surface area contributed by atoms with Gasteiger partial charge >= 0.3 is 0 Å². The number of hydrogen-bond donors (Lipinski definition) is 3. The lowest BCUT2D eigenvalue weighted by Crippen LogP contribution is -2.26. The molecule has 0 spiro atoms. The molecule has 2 bridgehead atoms. The number of rotatable bonds is 9. The van der Waals surface area contributed by atoms with Crippen LogP contribution >= 0.6 is 0 Å². The third kappa shape index (κ3) is 7.43. The molecule has 0 unspecified atom stereocenters. The van der Waals surface area contributed by atoms with Crippen LogP contribution < -0.4 is 25.4 Å². The second-order valence-electron chi connectivity index (χ2n) is 11.2. The van der Waals surface area contributed by atoms with Crippen LogP contribution in [0.2, 0.25) is 0 Å². The average molecular weight is 616 g/mol. The van der Waals surface area contributed by atoms with Crippen molar-refractivity contribution in [2.24, 2.45) is 7.05 Å². The van der Waals surface area contributed by atoms with Crippen LogP contribution in [0, 0.1) is 6.92 Å². The number of likely N-dealkylation sites (N-methyl/N-ethyl adjacent to an activating group) is 1. The molecule has 3 aromatic heterocycles. The molecule has 3 N–H and O–H groups in total. The molecule has 238 valence electrons. The number of nitrogens with zero attached hydrogens (tertiary/aromatic N) is 6. The summed E-state index contributed by atoms with van der Waals surface area (Å²) in [6, 6.07) is 7.36. The molecular formula is C32H41N9O4. The normalized spacial score (nSPS) is 13.6. The fourth-order valence-corrected chi connectivity index (χ4v) is 5.21. The van der Waals surface area contributed by atoms with E-state index in [4.69, 9.17) is 14.5 Å². The van der Waals surface area contributed by atoms with E-state index in [1.807, 2.05) is 44.8 Å². The molecular weight excluding hydrogens is 574 g/mol. The fourth-order valence-electron chi connectivity index (χ4n) is 5.21. The van der Waals surface area contributed by atoms with Gasteiger partial charge in [0, 0.05) is 37.9 Å². The molecule has 0 radical (unpaired) electrons. The van der Waals surface area contributed by atoms with Gasteiger partial charge in [-0.2, -0.15) is 5.10 Å². The van der Waals surface area contributed by atoms with Gasteiger partial charge in [-0.15, -0.1) is 0 Å². The second-order valence-corrected chi connectivity index (χ2v) is 11.2. The summed E-state index contributed by atoms with van der Waals surface area (Å²) in [6.07, 6.45) is 5.47. The number of fused-ring (bicyclic) bond motifs is 7. The lowest BCUT2D eigenvalue weighted by Gasteiger charge is -2.18. The number of aromatic nitrogens is 5. The van der Waals surface area contributed by atoms with Crippen molar-refractivity contribution in [1.29, 1.82) is 0 Å². The number of ether oxygens (including phenoxy) is 2. The zero-order chi connectivity index (χ0) is 31.9. The number of nitrogens with one attached hydrogen (secondary N) is 3. The summed E-state index contributed by atoms with van der Waals surface area (Å²) in [4.78, 5) is 37.1. The van der Waals surface area contributed by atoms with E-state index in [1.165, 1.54) is 6.08 Å². The summed E-state index contributed by atoms with van der Waals surface area (Å²) in [5.74, 6) is 1.08. The van der Waals surface area contributed by atoms with Crippen molar-refractivity contribution < 1.29 is 19.1 Å². The van der Waals surface area contributed by atoms with E-state index in [2.05, 4.69) is 37.5 Å². The summed E-state index contributed by atoms with van der Waals surface area (Å²) in [5.41, 5.74) is 4.74. The molecule has 0 saturated heterocycles. The number of carbonyl (C=O) groups excluding carboxylic acids is 2. The summed E-state index contributed by atoms with van der Waals surface area (Å²) in [7, 11) is 5.87. The number of imidazole rings is 1. The van der Waals surface area contributed by atoms with E-state index in [9.17, 15) is 9.59 Å². The Bertz CT molecular complexity index is 1690. The summed E-state index contributed by atoms with van der Waals surface area (Å²) in [6.45, 7) is 8.53. The molecule has 1 aliphatic rings. The summed E-state index contributed by atoms with van der Waals surface area (Å²) in [5, 5.41) is 13.7. The highest BCUT2D eigenvalue weighted by Gasteiger charge is 2.22. The van der Waals surface area contributed by atoms with Gasteiger partial charge in [0.15, 0.2) is 5.75 Å². The highest BCUT2D eigenvalue weighted by Crippen LogP contribution is 2.37. The van der Waals surface area contributed by atoms with Crippen LogP contribution in [-0.4, -0.2) is 88.0 Å². The number of hydrogen-bond acceptors (Lipinski definition) is 9. The van der Waals surface area contributed by atoms with E-state index in [0.717, 1.165) is 42.6 Å². The van der Waals surface area contributed by atoms with E-state index < -0.39 is 0 Å². The van der Waals surface area contributed by atoms with E-state index >= 15 is 0 Å².